The number of aromatic nitrogens is 3. The zero-order valence-corrected chi connectivity index (χ0v) is 18.8. The fraction of sp³-hybridized carbons (Fsp3) is 0.167. The third kappa shape index (κ3) is 4.39. The zero-order chi connectivity index (χ0) is 25.5. The molecule has 4 rings (SSSR count). The van der Waals surface area contributed by atoms with Gasteiger partial charge in [0, 0.05) is 11.8 Å². The Hall–Kier alpha value is -4.43. The van der Waals surface area contributed by atoms with Crippen molar-refractivity contribution in [3.8, 4) is 17.3 Å². The highest BCUT2D eigenvalue weighted by Gasteiger charge is 2.34. The number of nitriles is 1. The number of nitrogen functional groups attached to an aromatic ring is 2. The molecular weight excluding hydrogens is 457 g/mol. The van der Waals surface area contributed by atoms with E-state index >= 15 is 0 Å². The third-order valence-corrected chi connectivity index (χ3v) is 5.62. The summed E-state index contributed by atoms with van der Waals surface area (Å²) in [5, 5.41) is 10.7. The third-order valence-electron chi connectivity index (χ3n) is 5.62. The molecule has 1 aromatic carbocycles. The van der Waals surface area contributed by atoms with Crippen molar-refractivity contribution in [2.75, 3.05) is 16.5 Å². The molecule has 0 saturated heterocycles. The van der Waals surface area contributed by atoms with Crippen molar-refractivity contribution < 1.29 is 13.2 Å². The van der Waals surface area contributed by atoms with Gasteiger partial charge in [-0.3, -0.25) is 9.99 Å². The van der Waals surface area contributed by atoms with Crippen molar-refractivity contribution in [1.82, 2.24) is 15.0 Å². The lowest BCUT2D eigenvalue weighted by atomic mass is 9.86. The van der Waals surface area contributed by atoms with Crippen molar-refractivity contribution in [1.29, 1.82) is 5.26 Å². The Morgan fingerprint density at radius 2 is 1.66 bits per heavy atom. The lowest BCUT2D eigenvalue weighted by Crippen LogP contribution is -2.26. The summed E-state index contributed by atoms with van der Waals surface area (Å²) >= 11 is 0. The lowest BCUT2D eigenvalue weighted by molar-refractivity contribution is -0.137. The molecule has 35 heavy (non-hydrogen) atoms. The minimum absolute atomic E-state index is 0.119. The maximum absolute atomic E-state index is 13.3. The van der Waals surface area contributed by atoms with Crippen LogP contribution in [0.15, 0.2) is 54.9 Å². The largest absolute Gasteiger partial charge is 0.419 e. The normalized spacial score (nSPS) is 11.9. The fourth-order valence-electron chi connectivity index (χ4n) is 3.56. The van der Waals surface area contributed by atoms with Gasteiger partial charge in [0.1, 0.15) is 17.0 Å². The first-order valence-electron chi connectivity index (χ1n) is 10.4. The summed E-state index contributed by atoms with van der Waals surface area (Å²) in [4.78, 5) is 12.5. The topological polar surface area (TPSA) is 144 Å². The lowest BCUT2D eigenvalue weighted by Gasteiger charge is -2.23. The molecule has 0 saturated carbocycles. The Morgan fingerprint density at radius 1 is 0.971 bits per heavy atom. The Kier molecular flexibility index (Phi) is 5.70. The molecule has 178 valence electrons. The molecule has 0 aliphatic heterocycles. The van der Waals surface area contributed by atoms with Gasteiger partial charge in [0.25, 0.3) is 0 Å². The molecule has 8 nitrogen and oxygen atoms in total. The Labute approximate surface area is 198 Å². The van der Waals surface area contributed by atoms with Crippen LogP contribution in [0.2, 0.25) is 0 Å². The van der Waals surface area contributed by atoms with Crippen LogP contribution >= 0.6 is 0 Å². The Balaban J connectivity index is 1.82. The molecule has 11 heteroatoms. The molecule has 0 amide bonds. The van der Waals surface area contributed by atoms with Crippen LogP contribution in [0.5, 0.6) is 0 Å². The van der Waals surface area contributed by atoms with E-state index in [4.69, 9.17) is 17.3 Å². The van der Waals surface area contributed by atoms with Gasteiger partial charge in [-0.25, -0.2) is 15.8 Å². The van der Waals surface area contributed by atoms with Gasteiger partial charge in [0.05, 0.1) is 45.8 Å². The molecule has 0 unspecified atom stereocenters. The van der Waals surface area contributed by atoms with Crippen LogP contribution in [0.25, 0.3) is 22.3 Å². The molecule has 0 aliphatic carbocycles. The molecule has 0 radical (unpaired) electrons. The number of rotatable bonds is 4. The van der Waals surface area contributed by atoms with E-state index in [-0.39, 0.29) is 22.5 Å². The molecule has 0 aliphatic rings. The van der Waals surface area contributed by atoms with Crippen LogP contribution < -0.4 is 22.3 Å². The maximum atomic E-state index is 13.3. The van der Waals surface area contributed by atoms with Gasteiger partial charge in [-0.05, 0) is 49.7 Å². The van der Waals surface area contributed by atoms with E-state index in [0.29, 0.717) is 16.9 Å². The minimum Gasteiger partial charge on any atom is -0.396 e. The highest BCUT2D eigenvalue weighted by Crippen LogP contribution is 2.37. The minimum atomic E-state index is -4.67. The fourth-order valence-corrected chi connectivity index (χ4v) is 3.56. The summed E-state index contributed by atoms with van der Waals surface area (Å²) in [5.41, 5.74) is 12.8. The van der Waals surface area contributed by atoms with E-state index in [1.54, 1.807) is 44.2 Å². The zero-order valence-electron chi connectivity index (χ0n) is 18.8. The van der Waals surface area contributed by atoms with Crippen molar-refractivity contribution in [3.05, 3.63) is 66.0 Å². The van der Waals surface area contributed by atoms with Crippen molar-refractivity contribution >= 4 is 33.9 Å². The highest BCUT2D eigenvalue weighted by atomic mass is 19.4. The molecule has 6 N–H and O–H groups in total. The standard InChI is InChI=1S/C24H21F3N8/c1-23(2,12-28)14-3-5-15(6-4-14)35(31)21-17(29)11-32-19-8-7-18(34-20(19)21)13-9-16(24(25,26)27)22(30)33-10-13/h3-11H,29,31H2,1-2H3,(H2,30,33). The number of pyridine rings is 3. The summed E-state index contributed by atoms with van der Waals surface area (Å²) in [6, 6.07) is 13.3. The smallest absolute Gasteiger partial charge is 0.396 e. The van der Waals surface area contributed by atoms with Gasteiger partial charge in [-0.2, -0.15) is 18.4 Å². The first-order chi connectivity index (χ1) is 16.4. The average Bonchev–Trinajstić information content (AvgIpc) is 2.83. The number of hydrazine groups is 1. The van der Waals surface area contributed by atoms with Gasteiger partial charge in [-0.15, -0.1) is 0 Å². The van der Waals surface area contributed by atoms with Crippen LogP contribution in [0.4, 0.5) is 36.1 Å². The van der Waals surface area contributed by atoms with E-state index in [2.05, 4.69) is 21.0 Å². The quantitative estimate of drug-likeness (QED) is 0.283. The van der Waals surface area contributed by atoms with E-state index < -0.39 is 23.0 Å². The van der Waals surface area contributed by atoms with Crippen LogP contribution in [-0.4, -0.2) is 15.0 Å². The predicted molar refractivity (Wildman–Crippen MR) is 128 cm³/mol. The van der Waals surface area contributed by atoms with E-state index in [9.17, 15) is 18.4 Å². The molecule has 3 aromatic heterocycles. The predicted octanol–water partition coefficient (Wildman–Crippen LogP) is 4.69. The first kappa shape index (κ1) is 23.7. The SMILES string of the molecule is CC(C)(C#N)c1ccc(N(N)c2c(N)cnc3ccc(-c4cnc(N)c(C(F)(F)F)c4)nc23)cc1. The van der Waals surface area contributed by atoms with Gasteiger partial charge in [-0.1, -0.05) is 12.1 Å². The average molecular weight is 478 g/mol. The van der Waals surface area contributed by atoms with E-state index in [0.717, 1.165) is 11.6 Å². The summed E-state index contributed by atoms with van der Waals surface area (Å²) in [6.07, 6.45) is -2.02. The van der Waals surface area contributed by atoms with Gasteiger partial charge < -0.3 is 11.5 Å². The number of hydrogen-bond donors (Lipinski definition) is 3. The Morgan fingerprint density at radius 3 is 2.29 bits per heavy atom. The number of hydrogen-bond acceptors (Lipinski definition) is 8. The van der Waals surface area contributed by atoms with E-state index in [1.807, 2.05) is 0 Å². The van der Waals surface area contributed by atoms with Gasteiger partial charge >= 0.3 is 6.18 Å². The summed E-state index contributed by atoms with van der Waals surface area (Å²) in [7, 11) is 0. The van der Waals surface area contributed by atoms with Gasteiger partial charge in [0.2, 0.25) is 0 Å². The second-order valence-corrected chi connectivity index (χ2v) is 8.43. The highest BCUT2D eigenvalue weighted by molar-refractivity contribution is 5.97. The summed E-state index contributed by atoms with van der Waals surface area (Å²) in [6.45, 7) is 3.61. The number of halogens is 3. The molecule has 4 aromatic rings. The number of fused-ring (bicyclic) bond motifs is 1. The molecular formula is C24H21F3N8. The number of nitrogens with two attached hydrogens (primary N) is 3. The van der Waals surface area contributed by atoms with Crippen LogP contribution in [0.1, 0.15) is 25.0 Å². The summed E-state index contributed by atoms with van der Waals surface area (Å²) in [5.74, 6) is 5.79. The van der Waals surface area contributed by atoms with Crippen LogP contribution in [-0.2, 0) is 11.6 Å². The molecule has 0 bridgehead atoms. The monoisotopic (exact) mass is 478 g/mol. The molecule has 0 atom stereocenters. The van der Waals surface area contributed by atoms with E-state index in [1.165, 1.54) is 23.5 Å². The second-order valence-electron chi connectivity index (χ2n) is 8.43. The Bertz CT molecular complexity index is 1460. The van der Waals surface area contributed by atoms with Crippen LogP contribution in [0, 0.1) is 11.3 Å². The van der Waals surface area contributed by atoms with Crippen molar-refractivity contribution in [2.24, 2.45) is 5.84 Å². The second kappa shape index (κ2) is 8.41. The maximum Gasteiger partial charge on any atom is 0.419 e. The number of alkyl halides is 3. The molecule has 0 fully saturated rings. The molecule has 0 spiro atoms. The number of nitrogens with zero attached hydrogens (tertiary/aromatic N) is 5. The van der Waals surface area contributed by atoms with Crippen LogP contribution in [0.3, 0.4) is 0 Å². The van der Waals surface area contributed by atoms with Crippen molar-refractivity contribution in [3.63, 3.8) is 0 Å². The number of anilines is 4. The van der Waals surface area contributed by atoms with Gasteiger partial charge in [0.15, 0.2) is 0 Å². The molecule has 3 heterocycles. The number of benzene rings is 1. The summed E-state index contributed by atoms with van der Waals surface area (Å²) < 4.78 is 40.0. The van der Waals surface area contributed by atoms with Crippen molar-refractivity contribution in [2.45, 2.75) is 25.4 Å². The first-order valence-corrected chi connectivity index (χ1v) is 10.4.